The smallest absolute Gasteiger partial charge is 0.0297 e. The van der Waals surface area contributed by atoms with Crippen molar-refractivity contribution in [3.8, 4) is 0 Å². The lowest BCUT2D eigenvalue weighted by atomic mass is 9.89. The molecule has 0 saturated heterocycles. The van der Waals surface area contributed by atoms with Crippen molar-refractivity contribution in [2.24, 2.45) is 5.73 Å². The summed E-state index contributed by atoms with van der Waals surface area (Å²) in [5, 5.41) is 0. The van der Waals surface area contributed by atoms with Crippen molar-refractivity contribution in [2.45, 2.75) is 168 Å². The van der Waals surface area contributed by atoms with Crippen molar-refractivity contribution < 1.29 is 0 Å². The summed E-state index contributed by atoms with van der Waals surface area (Å²) >= 11 is 0. The largest absolute Gasteiger partial charge is 0.324 e. The van der Waals surface area contributed by atoms with Gasteiger partial charge in [0.1, 0.15) is 0 Å². The minimum Gasteiger partial charge on any atom is -0.324 e. The standard InChI is InChI=1S/C32H59N/c1-4-7-8-9-10-11-12-13-14-15-16-17-18-19-20-21-22-28-32(33)31-27-23-26-29(24-5-2)30(31)25-6-3/h23,26-27,32H,4-22,24-25,28,33H2,1-3H3. The maximum absolute atomic E-state index is 6.66. The molecule has 33 heavy (non-hydrogen) atoms. The van der Waals surface area contributed by atoms with Gasteiger partial charge in [0.2, 0.25) is 0 Å². The molecule has 2 N–H and O–H groups in total. The highest BCUT2D eigenvalue weighted by atomic mass is 14.6. The average Bonchev–Trinajstić information content (AvgIpc) is 2.82. The van der Waals surface area contributed by atoms with Gasteiger partial charge in [0.25, 0.3) is 0 Å². The molecule has 0 bridgehead atoms. The van der Waals surface area contributed by atoms with Crippen LogP contribution in [-0.2, 0) is 12.8 Å². The fraction of sp³-hybridized carbons (Fsp3) is 0.812. The van der Waals surface area contributed by atoms with Crippen LogP contribution < -0.4 is 5.73 Å². The number of aryl methyl sites for hydroxylation is 1. The van der Waals surface area contributed by atoms with Crippen LogP contribution in [0.25, 0.3) is 0 Å². The topological polar surface area (TPSA) is 26.0 Å². The van der Waals surface area contributed by atoms with Gasteiger partial charge in [-0.3, -0.25) is 0 Å². The van der Waals surface area contributed by atoms with E-state index in [-0.39, 0.29) is 6.04 Å². The Morgan fingerprint density at radius 3 is 1.45 bits per heavy atom. The van der Waals surface area contributed by atoms with Crippen LogP contribution in [0.15, 0.2) is 18.2 Å². The average molecular weight is 458 g/mol. The Bertz CT molecular complexity index is 549. The minimum atomic E-state index is 0.222. The fourth-order valence-corrected chi connectivity index (χ4v) is 5.30. The van der Waals surface area contributed by atoms with Gasteiger partial charge in [-0.1, -0.05) is 161 Å². The van der Waals surface area contributed by atoms with Crippen LogP contribution in [0, 0.1) is 0 Å². The minimum absolute atomic E-state index is 0.222. The van der Waals surface area contributed by atoms with Crippen molar-refractivity contribution in [3.05, 3.63) is 34.9 Å². The van der Waals surface area contributed by atoms with E-state index >= 15 is 0 Å². The molecule has 0 amide bonds. The third-order valence-corrected chi connectivity index (χ3v) is 7.35. The number of hydrogen-bond donors (Lipinski definition) is 1. The summed E-state index contributed by atoms with van der Waals surface area (Å²) in [5.74, 6) is 0. The van der Waals surface area contributed by atoms with Gasteiger partial charge in [0.05, 0.1) is 0 Å². The third kappa shape index (κ3) is 14.9. The summed E-state index contributed by atoms with van der Waals surface area (Å²) in [4.78, 5) is 0. The number of nitrogens with two attached hydrogens (primary N) is 1. The molecule has 1 rings (SSSR count). The number of unbranched alkanes of at least 4 members (excludes halogenated alkanes) is 16. The molecule has 0 saturated carbocycles. The van der Waals surface area contributed by atoms with E-state index in [0.717, 1.165) is 6.42 Å². The van der Waals surface area contributed by atoms with Crippen molar-refractivity contribution in [1.29, 1.82) is 0 Å². The predicted molar refractivity (Wildman–Crippen MR) is 150 cm³/mol. The van der Waals surface area contributed by atoms with Crippen LogP contribution in [0.3, 0.4) is 0 Å². The molecule has 1 unspecified atom stereocenters. The Morgan fingerprint density at radius 2 is 1.00 bits per heavy atom. The molecule has 1 aromatic rings. The van der Waals surface area contributed by atoms with Gasteiger partial charge in [-0.2, -0.15) is 0 Å². The van der Waals surface area contributed by atoms with Crippen LogP contribution in [0.5, 0.6) is 0 Å². The van der Waals surface area contributed by atoms with E-state index in [1.807, 2.05) is 0 Å². The molecule has 1 aromatic carbocycles. The summed E-state index contributed by atoms with van der Waals surface area (Å²) in [7, 11) is 0. The van der Waals surface area contributed by atoms with Crippen molar-refractivity contribution in [1.82, 2.24) is 0 Å². The highest BCUT2D eigenvalue weighted by molar-refractivity contribution is 5.37. The first-order chi connectivity index (χ1) is 16.2. The van der Waals surface area contributed by atoms with Crippen LogP contribution in [0.1, 0.15) is 172 Å². The molecular formula is C32H59N. The third-order valence-electron chi connectivity index (χ3n) is 7.35. The molecule has 192 valence electrons. The summed E-state index contributed by atoms with van der Waals surface area (Å²) in [5.41, 5.74) is 11.2. The van der Waals surface area contributed by atoms with E-state index in [9.17, 15) is 0 Å². The van der Waals surface area contributed by atoms with Gasteiger partial charge in [-0.25, -0.2) is 0 Å². The molecular weight excluding hydrogens is 398 g/mol. The fourth-order valence-electron chi connectivity index (χ4n) is 5.30. The number of benzene rings is 1. The lowest BCUT2D eigenvalue weighted by Crippen LogP contribution is -2.14. The van der Waals surface area contributed by atoms with Gasteiger partial charge >= 0.3 is 0 Å². The van der Waals surface area contributed by atoms with Gasteiger partial charge in [-0.15, -0.1) is 0 Å². The van der Waals surface area contributed by atoms with Gasteiger partial charge in [-0.05, 0) is 36.0 Å². The molecule has 0 fully saturated rings. The zero-order valence-corrected chi connectivity index (χ0v) is 22.9. The molecule has 1 nitrogen and oxygen atoms in total. The summed E-state index contributed by atoms with van der Waals surface area (Å²) in [6.45, 7) is 6.86. The molecule has 1 heteroatoms. The van der Waals surface area contributed by atoms with Crippen LogP contribution >= 0.6 is 0 Å². The maximum atomic E-state index is 6.66. The quantitative estimate of drug-likeness (QED) is 0.162. The maximum Gasteiger partial charge on any atom is 0.0297 e. The Labute approximate surface area is 208 Å². The van der Waals surface area contributed by atoms with E-state index in [2.05, 4.69) is 39.0 Å². The highest BCUT2D eigenvalue weighted by Crippen LogP contribution is 2.26. The molecule has 0 radical (unpaired) electrons. The van der Waals surface area contributed by atoms with Crippen molar-refractivity contribution >= 4 is 0 Å². The van der Waals surface area contributed by atoms with Gasteiger partial charge < -0.3 is 5.73 Å². The summed E-state index contributed by atoms with van der Waals surface area (Å²) in [6, 6.07) is 7.07. The number of hydrogen-bond acceptors (Lipinski definition) is 1. The van der Waals surface area contributed by atoms with E-state index in [4.69, 9.17) is 5.73 Å². The Hall–Kier alpha value is -0.820. The number of rotatable bonds is 23. The second-order valence-electron chi connectivity index (χ2n) is 10.5. The first kappa shape index (κ1) is 30.2. The zero-order valence-electron chi connectivity index (χ0n) is 22.9. The second kappa shape index (κ2) is 21.7. The van der Waals surface area contributed by atoms with E-state index in [0.29, 0.717) is 0 Å². The van der Waals surface area contributed by atoms with Crippen LogP contribution in [0.2, 0.25) is 0 Å². The monoisotopic (exact) mass is 457 g/mol. The molecule has 1 atom stereocenters. The summed E-state index contributed by atoms with van der Waals surface area (Å²) < 4.78 is 0. The van der Waals surface area contributed by atoms with Gasteiger partial charge in [0.15, 0.2) is 0 Å². The van der Waals surface area contributed by atoms with E-state index < -0.39 is 0 Å². The SMILES string of the molecule is CCCCCCCCCCCCCCCCCCCC(N)c1cccc(CCC)c1CCC. The van der Waals surface area contributed by atoms with Crippen LogP contribution in [0.4, 0.5) is 0 Å². The summed E-state index contributed by atoms with van der Waals surface area (Å²) in [6.07, 6.45) is 30.2. The lowest BCUT2D eigenvalue weighted by molar-refractivity contribution is 0.516. The first-order valence-electron chi connectivity index (χ1n) is 15.1. The highest BCUT2D eigenvalue weighted by Gasteiger charge is 2.13. The Kier molecular flexibility index (Phi) is 19.9. The normalized spacial score (nSPS) is 12.4. The van der Waals surface area contributed by atoms with E-state index in [1.54, 1.807) is 5.56 Å². The molecule has 0 aliphatic rings. The lowest BCUT2D eigenvalue weighted by Gasteiger charge is -2.19. The zero-order chi connectivity index (χ0) is 24.0. The van der Waals surface area contributed by atoms with Crippen molar-refractivity contribution in [3.63, 3.8) is 0 Å². The second-order valence-corrected chi connectivity index (χ2v) is 10.5. The molecule has 0 aliphatic heterocycles. The van der Waals surface area contributed by atoms with Crippen LogP contribution in [-0.4, -0.2) is 0 Å². The molecule has 0 heterocycles. The Balaban J connectivity index is 2.01. The molecule has 0 spiro atoms. The predicted octanol–water partition coefficient (Wildman–Crippen LogP) is 10.6. The molecule has 0 aromatic heterocycles. The first-order valence-corrected chi connectivity index (χ1v) is 15.1. The molecule has 0 aliphatic carbocycles. The van der Waals surface area contributed by atoms with Crippen molar-refractivity contribution in [2.75, 3.05) is 0 Å². The Morgan fingerprint density at radius 1 is 0.545 bits per heavy atom. The van der Waals surface area contributed by atoms with E-state index in [1.165, 1.54) is 146 Å². The van der Waals surface area contributed by atoms with Gasteiger partial charge in [0, 0.05) is 6.04 Å².